The van der Waals surface area contributed by atoms with Crippen LogP contribution in [0.25, 0.3) is 55.0 Å². The first kappa shape index (κ1) is 22.2. The Hall–Kier alpha value is -4.30. The summed E-state index contributed by atoms with van der Waals surface area (Å²) < 4.78 is 0. The molecule has 6 heterocycles. The number of anilines is 1. The molecule has 6 aromatic heterocycles. The standard InChI is InChI=1S/C28H25N7S/c1-16(28(2,3)4)32-18-10-17(13-29-14-18)22-11-20-24(15-31-22)34-35-26(20)23-12-19-21(33-23)7-8-30-27(19)25-6-5-9-36-25/h5-15,32-33H,1H2,2-4H3,(H,34,35). The van der Waals surface area contributed by atoms with Crippen LogP contribution in [0, 0.1) is 5.41 Å². The summed E-state index contributed by atoms with van der Waals surface area (Å²) in [5.74, 6) is 0. The van der Waals surface area contributed by atoms with E-state index in [-0.39, 0.29) is 5.41 Å². The summed E-state index contributed by atoms with van der Waals surface area (Å²) in [4.78, 5) is 18.4. The molecule has 8 heteroatoms. The highest BCUT2D eigenvalue weighted by molar-refractivity contribution is 7.13. The number of H-pyrrole nitrogens is 2. The average molecular weight is 492 g/mol. The summed E-state index contributed by atoms with van der Waals surface area (Å²) in [6.07, 6.45) is 7.27. The molecule has 3 N–H and O–H groups in total. The van der Waals surface area contributed by atoms with E-state index < -0.39 is 0 Å². The van der Waals surface area contributed by atoms with Crippen LogP contribution in [0.1, 0.15) is 20.8 Å². The van der Waals surface area contributed by atoms with E-state index in [4.69, 9.17) is 0 Å². The van der Waals surface area contributed by atoms with Crippen molar-refractivity contribution in [1.82, 2.24) is 30.1 Å². The lowest BCUT2D eigenvalue weighted by Crippen LogP contribution is -2.15. The van der Waals surface area contributed by atoms with Gasteiger partial charge in [0.1, 0.15) is 5.69 Å². The zero-order chi connectivity index (χ0) is 24.9. The van der Waals surface area contributed by atoms with Crippen molar-refractivity contribution in [1.29, 1.82) is 0 Å². The van der Waals surface area contributed by atoms with E-state index >= 15 is 0 Å². The third kappa shape index (κ3) is 3.95. The normalized spacial score (nSPS) is 11.9. The number of nitrogens with one attached hydrogen (secondary N) is 3. The van der Waals surface area contributed by atoms with Gasteiger partial charge >= 0.3 is 0 Å². The predicted octanol–water partition coefficient (Wildman–Crippen LogP) is 7.26. The number of thiophene rings is 1. The number of pyridine rings is 3. The maximum Gasteiger partial charge on any atom is 0.116 e. The molecular formula is C28H25N7S. The molecule has 178 valence electrons. The van der Waals surface area contributed by atoms with Crippen molar-refractivity contribution in [3.63, 3.8) is 0 Å². The van der Waals surface area contributed by atoms with Crippen LogP contribution in [0.15, 0.2) is 78.8 Å². The SMILES string of the molecule is C=C(Nc1cncc(-c2cc3c(-c4cc5c(-c6cccs6)nccc5[nH]4)n[nH]c3cn2)c1)C(C)(C)C. The molecule has 6 rings (SSSR count). The Labute approximate surface area is 212 Å². The van der Waals surface area contributed by atoms with Gasteiger partial charge in [0, 0.05) is 45.4 Å². The zero-order valence-corrected chi connectivity index (χ0v) is 21.1. The molecule has 36 heavy (non-hydrogen) atoms. The Balaban J connectivity index is 1.40. The number of aromatic amines is 2. The van der Waals surface area contributed by atoms with Crippen LogP contribution in [-0.2, 0) is 0 Å². The lowest BCUT2D eigenvalue weighted by atomic mass is 9.93. The monoisotopic (exact) mass is 491 g/mol. The van der Waals surface area contributed by atoms with Gasteiger partial charge in [-0.05, 0) is 35.7 Å². The molecule has 0 saturated heterocycles. The number of allylic oxidation sites excluding steroid dienone is 1. The van der Waals surface area contributed by atoms with Gasteiger partial charge in [0.15, 0.2) is 0 Å². The average Bonchev–Trinajstić information content (AvgIpc) is 3.62. The molecule has 0 aromatic carbocycles. The Morgan fingerprint density at radius 3 is 2.64 bits per heavy atom. The van der Waals surface area contributed by atoms with Gasteiger partial charge in [0.05, 0.1) is 45.6 Å². The number of fused-ring (bicyclic) bond motifs is 2. The Morgan fingerprint density at radius 2 is 1.83 bits per heavy atom. The van der Waals surface area contributed by atoms with Crippen molar-refractivity contribution < 1.29 is 0 Å². The van der Waals surface area contributed by atoms with Gasteiger partial charge in [-0.25, -0.2) is 0 Å². The minimum Gasteiger partial charge on any atom is -0.358 e. The largest absolute Gasteiger partial charge is 0.358 e. The van der Waals surface area contributed by atoms with Crippen molar-refractivity contribution in [3.8, 4) is 33.2 Å². The molecule has 0 atom stereocenters. The summed E-state index contributed by atoms with van der Waals surface area (Å²) in [5, 5.41) is 15.2. The summed E-state index contributed by atoms with van der Waals surface area (Å²) in [5.41, 5.74) is 8.11. The Morgan fingerprint density at radius 1 is 0.972 bits per heavy atom. The molecule has 0 fully saturated rings. The molecule has 0 aliphatic rings. The third-order valence-electron chi connectivity index (χ3n) is 6.24. The molecular weight excluding hydrogens is 466 g/mol. The molecule has 0 saturated carbocycles. The van der Waals surface area contributed by atoms with Crippen LogP contribution in [-0.4, -0.2) is 30.1 Å². The molecule has 0 amide bonds. The van der Waals surface area contributed by atoms with E-state index in [1.54, 1.807) is 17.5 Å². The number of rotatable bonds is 5. The predicted molar refractivity (Wildman–Crippen MR) is 148 cm³/mol. The third-order valence-corrected chi connectivity index (χ3v) is 7.12. The number of nitrogens with zero attached hydrogens (tertiary/aromatic N) is 4. The van der Waals surface area contributed by atoms with Gasteiger partial charge in [-0.1, -0.05) is 33.4 Å². The molecule has 6 aromatic rings. The first-order valence-electron chi connectivity index (χ1n) is 11.6. The van der Waals surface area contributed by atoms with Gasteiger partial charge in [-0.15, -0.1) is 11.3 Å². The van der Waals surface area contributed by atoms with Crippen LogP contribution >= 0.6 is 11.3 Å². The second kappa shape index (κ2) is 8.42. The smallest absolute Gasteiger partial charge is 0.116 e. The van der Waals surface area contributed by atoms with Crippen molar-refractivity contribution in [2.45, 2.75) is 20.8 Å². The van der Waals surface area contributed by atoms with Crippen LogP contribution in [0.3, 0.4) is 0 Å². The maximum absolute atomic E-state index is 4.66. The zero-order valence-electron chi connectivity index (χ0n) is 20.3. The minimum absolute atomic E-state index is 0.0582. The van der Waals surface area contributed by atoms with Crippen LogP contribution < -0.4 is 5.32 Å². The van der Waals surface area contributed by atoms with E-state index in [0.29, 0.717) is 0 Å². The quantitative estimate of drug-likeness (QED) is 0.236. The van der Waals surface area contributed by atoms with Gasteiger partial charge in [0.2, 0.25) is 0 Å². The second-order valence-electron chi connectivity index (χ2n) is 9.78. The lowest BCUT2D eigenvalue weighted by molar-refractivity contribution is 0.509. The summed E-state index contributed by atoms with van der Waals surface area (Å²) >= 11 is 1.68. The first-order valence-corrected chi connectivity index (χ1v) is 12.5. The van der Waals surface area contributed by atoms with E-state index in [2.05, 4.69) is 86.4 Å². The second-order valence-corrected chi connectivity index (χ2v) is 10.7. The molecule has 0 bridgehead atoms. The molecule has 0 unspecified atom stereocenters. The molecule has 0 radical (unpaired) electrons. The van der Waals surface area contributed by atoms with Crippen molar-refractivity contribution in [2.75, 3.05) is 5.32 Å². The highest BCUT2D eigenvalue weighted by Gasteiger charge is 2.17. The van der Waals surface area contributed by atoms with Crippen LogP contribution in [0.2, 0.25) is 0 Å². The van der Waals surface area contributed by atoms with Gasteiger partial charge in [-0.2, -0.15) is 5.10 Å². The molecule has 0 aliphatic carbocycles. The van der Waals surface area contributed by atoms with Crippen molar-refractivity contribution in [2.24, 2.45) is 5.41 Å². The van der Waals surface area contributed by atoms with E-state index in [9.17, 15) is 0 Å². The fourth-order valence-corrected chi connectivity index (χ4v) is 4.82. The lowest BCUT2D eigenvalue weighted by Gasteiger charge is -2.23. The van der Waals surface area contributed by atoms with Crippen LogP contribution in [0.5, 0.6) is 0 Å². The fraction of sp³-hybridized carbons (Fsp3) is 0.143. The Bertz CT molecular complexity index is 1720. The number of hydrogen-bond donors (Lipinski definition) is 3. The Kier molecular flexibility index (Phi) is 5.19. The minimum atomic E-state index is -0.0582. The van der Waals surface area contributed by atoms with E-state index in [1.165, 1.54) is 0 Å². The van der Waals surface area contributed by atoms with Gasteiger partial charge in [-0.3, -0.25) is 20.1 Å². The molecule has 0 spiro atoms. The van der Waals surface area contributed by atoms with Crippen LogP contribution in [0.4, 0.5) is 5.69 Å². The molecule has 0 aliphatic heterocycles. The van der Waals surface area contributed by atoms with Gasteiger partial charge in [0.25, 0.3) is 0 Å². The van der Waals surface area contributed by atoms with Crippen molar-refractivity contribution in [3.05, 3.63) is 78.8 Å². The highest BCUT2D eigenvalue weighted by atomic mass is 32.1. The number of hydrogen-bond acceptors (Lipinski definition) is 6. The van der Waals surface area contributed by atoms with Gasteiger partial charge < -0.3 is 10.3 Å². The van der Waals surface area contributed by atoms with Crippen molar-refractivity contribution >= 4 is 38.8 Å². The summed E-state index contributed by atoms with van der Waals surface area (Å²) in [6, 6.07) is 12.3. The number of aromatic nitrogens is 6. The van der Waals surface area contributed by atoms with E-state index in [0.717, 1.165) is 66.4 Å². The highest BCUT2D eigenvalue weighted by Crippen LogP contribution is 2.35. The summed E-state index contributed by atoms with van der Waals surface area (Å²) in [7, 11) is 0. The fourth-order valence-electron chi connectivity index (χ4n) is 4.08. The first-order chi connectivity index (χ1) is 17.4. The molecule has 7 nitrogen and oxygen atoms in total. The van der Waals surface area contributed by atoms with E-state index in [1.807, 2.05) is 36.8 Å². The topological polar surface area (TPSA) is 95.2 Å². The summed E-state index contributed by atoms with van der Waals surface area (Å²) in [6.45, 7) is 10.5. The maximum atomic E-state index is 4.66.